The number of rotatable bonds is 7. The van der Waals surface area contributed by atoms with E-state index in [0.29, 0.717) is 29.9 Å². The molecule has 0 aliphatic carbocycles. The van der Waals surface area contributed by atoms with Gasteiger partial charge in [-0.15, -0.1) is 11.3 Å². The van der Waals surface area contributed by atoms with E-state index >= 15 is 0 Å². The molecule has 8 heteroatoms. The van der Waals surface area contributed by atoms with E-state index < -0.39 is 11.9 Å². The Hall–Kier alpha value is -3.00. The van der Waals surface area contributed by atoms with Crippen molar-refractivity contribution in [3.63, 3.8) is 0 Å². The van der Waals surface area contributed by atoms with Crippen LogP contribution in [0.5, 0.6) is 0 Å². The molecule has 2 N–H and O–H groups in total. The minimum absolute atomic E-state index is 0.251. The first-order valence-electron chi connectivity index (χ1n) is 8.78. The van der Waals surface area contributed by atoms with Crippen LogP contribution in [0.15, 0.2) is 35.7 Å². The Morgan fingerprint density at radius 1 is 1.29 bits per heavy atom. The van der Waals surface area contributed by atoms with Gasteiger partial charge >= 0.3 is 5.97 Å². The Labute approximate surface area is 165 Å². The summed E-state index contributed by atoms with van der Waals surface area (Å²) >= 11 is 1.18. The molecule has 0 aliphatic heterocycles. The van der Waals surface area contributed by atoms with Gasteiger partial charge < -0.3 is 15.0 Å². The number of hydrogen-bond donors (Lipinski definition) is 1. The summed E-state index contributed by atoms with van der Waals surface area (Å²) in [6.07, 6.45) is 0.635. The largest absolute Gasteiger partial charge is 0.461 e. The number of carbonyl (C=O) groups excluding carboxylic acids is 2. The number of hydrogen-bond acceptors (Lipinski definition) is 5. The number of primary amides is 1. The van der Waals surface area contributed by atoms with Gasteiger partial charge in [0.1, 0.15) is 5.82 Å². The van der Waals surface area contributed by atoms with E-state index in [1.165, 1.54) is 23.5 Å². The second-order valence-corrected chi connectivity index (χ2v) is 7.04. The summed E-state index contributed by atoms with van der Waals surface area (Å²) in [5, 5.41) is 2.00. The van der Waals surface area contributed by atoms with Gasteiger partial charge in [0.25, 0.3) is 5.91 Å². The van der Waals surface area contributed by atoms with Crippen molar-refractivity contribution < 1.29 is 18.7 Å². The standard InChI is InChI=1S/C20H20FN3O3S/c1-3-27-20(26)19-23-16(11-28-19)17-10-15(18(22)25)12(2)24(17)9-8-13-4-6-14(21)7-5-13/h4-7,10-11H,3,8-9H2,1-2H3,(H2,22,25). The predicted molar refractivity (Wildman–Crippen MR) is 105 cm³/mol. The average molecular weight is 401 g/mol. The molecule has 1 aromatic carbocycles. The number of carbonyl (C=O) groups is 2. The number of thiazole rings is 1. The molecule has 146 valence electrons. The van der Waals surface area contributed by atoms with E-state index in [1.54, 1.807) is 30.5 Å². The van der Waals surface area contributed by atoms with Crippen molar-refractivity contribution in [3.8, 4) is 11.4 Å². The van der Waals surface area contributed by atoms with Crippen LogP contribution in [0, 0.1) is 12.7 Å². The highest BCUT2D eigenvalue weighted by molar-refractivity contribution is 7.11. The molecule has 28 heavy (non-hydrogen) atoms. The zero-order chi connectivity index (χ0) is 20.3. The minimum atomic E-state index is -0.528. The number of esters is 1. The second kappa shape index (κ2) is 8.35. The molecule has 0 saturated heterocycles. The lowest BCUT2D eigenvalue weighted by atomic mass is 10.1. The topological polar surface area (TPSA) is 87.2 Å². The van der Waals surface area contributed by atoms with Gasteiger partial charge in [-0.05, 0) is 44.0 Å². The number of nitrogens with two attached hydrogens (primary N) is 1. The minimum Gasteiger partial charge on any atom is -0.461 e. The summed E-state index contributed by atoms with van der Waals surface area (Å²) in [5.74, 6) is -1.29. The number of halogens is 1. The number of aryl methyl sites for hydroxylation is 1. The van der Waals surface area contributed by atoms with Crippen molar-refractivity contribution >= 4 is 23.2 Å². The molecule has 0 fully saturated rings. The first-order valence-corrected chi connectivity index (χ1v) is 9.66. The van der Waals surface area contributed by atoms with Gasteiger partial charge in [0.15, 0.2) is 0 Å². The highest BCUT2D eigenvalue weighted by Crippen LogP contribution is 2.28. The monoisotopic (exact) mass is 401 g/mol. The third-order valence-electron chi connectivity index (χ3n) is 4.39. The number of amides is 1. The molecule has 2 aromatic heterocycles. The van der Waals surface area contributed by atoms with Crippen molar-refractivity contribution in [2.75, 3.05) is 6.61 Å². The SMILES string of the molecule is CCOC(=O)c1nc(-c2cc(C(N)=O)c(C)n2CCc2ccc(F)cc2)cs1. The molecule has 3 rings (SSSR count). The van der Waals surface area contributed by atoms with Crippen LogP contribution in [-0.2, 0) is 17.7 Å². The Morgan fingerprint density at radius 2 is 2.00 bits per heavy atom. The van der Waals surface area contributed by atoms with E-state index in [0.717, 1.165) is 11.3 Å². The summed E-state index contributed by atoms with van der Waals surface area (Å²) in [5.41, 5.74) is 8.86. The summed E-state index contributed by atoms with van der Waals surface area (Å²) in [7, 11) is 0. The zero-order valence-electron chi connectivity index (χ0n) is 15.6. The molecule has 0 atom stereocenters. The summed E-state index contributed by atoms with van der Waals surface area (Å²) in [6, 6.07) is 7.97. The van der Waals surface area contributed by atoms with Crippen LogP contribution in [0.4, 0.5) is 4.39 Å². The van der Waals surface area contributed by atoms with Gasteiger partial charge in [-0.1, -0.05) is 12.1 Å². The maximum Gasteiger partial charge on any atom is 0.367 e. The molecule has 0 bridgehead atoms. The lowest BCUT2D eigenvalue weighted by molar-refractivity contribution is 0.0526. The molecule has 0 saturated carbocycles. The van der Waals surface area contributed by atoms with Crippen molar-refractivity contribution in [2.45, 2.75) is 26.8 Å². The molecule has 2 heterocycles. The van der Waals surface area contributed by atoms with Crippen molar-refractivity contribution in [1.82, 2.24) is 9.55 Å². The molecule has 0 unspecified atom stereocenters. The number of nitrogens with zero attached hydrogens (tertiary/aromatic N) is 2. The third kappa shape index (κ3) is 4.12. The van der Waals surface area contributed by atoms with Crippen molar-refractivity contribution in [2.24, 2.45) is 5.73 Å². The number of aromatic nitrogens is 2. The first-order chi connectivity index (χ1) is 13.4. The summed E-state index contributed by atoms with van der Waals surface area (Å²) in [4.78, 5) is 28.1. The normalized spacial score (nSPS) is 10.8. The maximum atomic E-state index is 13.1. The lowest BCUT2D eigenvalue weighted by Gasteiger charge is -2.11. The van der Waals surface area contributed by atoms with Gasteiger partial charge in [-0.3, -0.25) is 4.79 Å². The lowest BCUT2D eigenvalue weighted by Crippen LogP contribution is -2.13. The predicted octanol–water partition coefficient (Wildman–Crippen LogP) is 3.58. The Kier molecular flexibility index (Phi) is 5.89. The van der Waals surface area contributed by atoms with Crippen LogP contribution < -0.4 is 5.73 Å². The molecule has 3 aromatic rings. The van der Waals surface area contributed by atoms with Crippen LogP contribution in [0.1, 0.15) is 38.3 Å². The van der Waals surface area contributed by atoms with E-state index in [4.69, 9.17) is 10.5 Å². The third-order valence-corrected chi connectivity index (χ3v) is 5.21. The summed E-state index contributed by atoms with van der Waals surface area (Å²) in [6.45, 7) is 4.36. The van der Waals surface area contributed by atoms with Gasteiger partial charge in [0.05, 0.1) is 23.6 Å². The quantitative estimate of drug-likeness (QED) is 0.613. The Morgan fingerprint density at radius 3 is 2.64 bits per heavy atom. The fraction of sp³-hybridized carbons (Fsp3) is 0.250. The molecular weight excluding hydrogens is 381 g/mol. The molecule has 6 nitrogen and oxygen atoms in total. The van der Waals surface area contributed by atoms with Gasteiger partial charge in [-0.25, -0.2) is 14.2 Å². The van der Waals surface area contributed by atoms with Crippen LogP contribution in [-0.4, -0.2) is 28.0 Å². The summed E-state index contributed by atoms with van der Waals surface area (Å²) < 4.78 is 20.0. The number of ether oxygens (including phenoxy) is 1. The molecular formula is C20H20FN3O3S. The molecule has 1 amide bonds. The van der Waals surface area contributed by atoms with E-state index in [2.05, 4.69) is 4.98 Å². The smallest absolute Gasteiger partial charge is 0.367 e. The van der Waals surface area contributed by atoms with Crippen LogP contribution in [0.2, 0.25) is 0 Å². The molecule has 0 aliphatic rings. The van der Waals surface area contributed by atoms with Gasteiger partial charge in [0.2, 0.25) is 5.01 Å². The second-order valence-electron chi connectivity index (χ2n) is 6.18. The van der Waals surface area contributed by atoms with Crippen molar-refractivity contribution in [3.05, 3.63) is 63.4 Å². The fourth-order valence-corrected chi connectivity index (χ4v) is 3.67. The average Bonchev–Trinajstić information content (AvgIpc) is 3.26. The van der Waals surface area contributed by atoms with Crippen LogP contribution in [0.3, 0.4) is 0 Å². The van der Waals surface area contributed by atoms with Crippen molar-refractivity contribution in [1.29, 1.82) is 0 Å². The van der Waals surface area contributed by atoms with E-state index in [9.17, 15) is 14.0 Å². The Balaban J connectivity index is 1.94. The first kappa shape index (κ1) is 19.8. The molecule has 0 radical (unpaired) electrons. The number of benzene rings is 1. The maximum absolute atomic E-state index is 13.1. The van der Waals surface area contributed by atoms with Gasteiger partial charge in [0, 0.05) is 17.6 Å². The fourth-order valence-electron chi connectivity index (χ4n) is 2.96. The molecule has 0 spiro atoms. The zero-order valence-corrected chi connectivity index (χ0v) is 16.4. The highest BCUT2D eigenvalue weighted by Gasteiger charge is 2.20. The van der Waals surface area contributed by atoms with Crippen LogP contribution >= 0.6 is 11.3 Å². The highest BCUT2D eigenvalue weighted by atomic mass is 32.1. The van der Waals surface area contributed by atoms with Gasteiger partial charge in [-0.2, -0.15) is 0 Å². The van der Waals surface area contributed by atoms with Crippen LogP contribution in [0.25, 0.3) is 11.4 Å². The van der Waals surface area contributed by atoms with E-state index in [1.807, 2.05) is 11.5 Å². The van der Waals surface area contributed by atoms with E-state index in [-0.39, 0.29) is 17.4 Å². The Bertz CT molecular complexity index is 1010.